The van der Waals surface area contributed by atoms with Crippen LogP contribution in [0.2, 0.25) is 0 Å². The minimum Gasteiger partial charge on any atom is -0.493 e. The van der Waals surface area contributed by atoms with E-state index in [2.05, 4.69) is 32.1 Å². The zero-order valence-electron chi connectivity index (χ0n) is 16.7. The van der Waals surface area contributed by atoms with Crippen molar-refractivity contribution in [3.05, 3.63) is 52.0 Å². The monoisotopic (exact) mass is 495 g/mol. The fourth-order valence-electron chi connectivity index (χ4n) is 2.34. The third-order valence-corrected chi connectivity index (χ3v) is 4.64. The predicted molar refractivity (Wildman–Crippen MR) is 120 cm³/mol. The molecule has 2 rings (SSSR count). The Kier molecular flexibility index (Phi) is 8.88. The van der Waals surface area contributed by atoms with Gasteiger partial charge in [0.25, 0.3) is 11.8 Å². The number of hydrazine groups is 1. The molecule has 2 amide bonds. The van der Waals surface area contributed by atoms with Gasteiger partial charge in [-0.15, -0.1) is 0 Å². The number of carbonyl (C=O) groups is 2. The molecule has 10 heteroatoms. The third kappa shape index (κ3) is 6.33. The molecular formula is C20H22BrN3O5S. The van der Waals surface area contributed by atoms with Crippen molar-refractivity contribution in [2.24, 2.45) is 0 Å². The second-order valence-electron chi connectivity index (χ2n) is 5.93. The molecule has 0 aliphatic carbocycles. The van der Waals surface area contributed by atoms with Crippen LogP contribution in [-0.2, 0) is 0 Å². The van der Waals surface area contributed by atoms with Gasteiger partial charge in [0.15, 0.2) is 16.6 Å². The minimum atomic E-state index is -0.465. The molecule has 0 atom stereocenters. The topological polar surface area (TPSA) is 97.9 Å². The van der Waals surface area contributed by atoms with Crippen LogP contribution in [0.1, 0.15) is 34.1 Å². The first kappa shape index (κ1) is 23.4. The molecule has 0 saturated carbocycles. The second kappa shape index (κ2) is 11.4. The lowest BCUT2D eigenvalue weighted by atomic mass is 10.2. The molecule has 2 aromatic carbocycles. The molecule has 3 N–H and O–H groups in total. The molecule has 0 fully saturated rings. The van der Waals surface area contributed by atoms with E-state index >= 15 is 0 Å². The lowest BCUT2D eigenvalue weighted by molar-refractivity contribution is 0.0934. The Hall–Kier alpha value is -2.85. The van der Waals surface area contributed by atoms with Crippen molar-refractivity contribution < 1.29 is 23.8 Å². The van der Waals surface area contributed by atoms with Crippen molar-refractivity contribution in [2.45, 2.75) is 13.3 Å². The van der Waals surface area contributed by atoms with Crippen molar-refractivity contribution in [3.8, 4) is 17.2 Å². The predicted octanol–water partition coefficient (Wildman–Crippen LogP) is 3.20. The number of amides is 2. The summed E-state index contributed by atoms with van der Waals surface area (Å²) in [7, 11) is 2.98. The van der Waals surface area contributed by atoms with Crippen molar-refractivity contribution >= 4 is 45.1 Å². The van der Waals surface area contributed by atoms with Gasteiger partial charge < -0.3 is 14.2 Å². The summed E-state index contributed by atoms with van der Waals surface area (Å²) in [6, 6.07) is 9.65. The Balaban J connectivity index is 1.92. The lowest BCUT2D eigenvalue weighted by Gasteiger charge is -2.13. The van der Waals surface area contributed by atoms with Crippen LogP contribution >= 0.6 is 28.1 Å². The van der Waals surface area contributed by atoms with Gasteiger partial charge in [-0.3, -0.25) is 25.8 Å². The number of nitrogens with one attached hydrogen (secondary N) is 3. The number of hydrogen-bond acceptors (Lipinski definition) is 6. The zero-order chi connectivity index (χ0) is 22.1. The van der Waals surface area contributed by atoms with Crippen molar-refractivity contribution in [1.82, 2.24) is 16.2 Å². The average Bonchev–Trinajstić information content (AvgIpc) is 2.75. The molecule has 0 spiro atoms. The molecule has 0 aliphatic rings. The first-order valence-corrected chi connectivity index (χ1v) is 10.2. The van der Waals surface area contributed by atoms with Crippen LogP contribution in [-0.4, -0.2) is 37.8 Å². The van der Waals surface area contributed by atoms with Crippen LogP contribution in [0.5, 0.6) is 17.2 Å². The van der Waals surface area contributed by atoms with E-state index < -0.39 is 11.8 Å². The van der Waals surface area contributed by atoms with E-state index in [-0.39, 0.29) is 5.11 Å². The number of hydrogen-bond donors (Lipinski definition) is 3. The summed E-state index contributed by atoms with van der Waals surface area (Å²) in [5.41, 5.74) is 5.61. The normalized spacial score (nSPS) is 10.0. The van der Waals surface area contributed by atoms with Gasteiger partial charge in [-0.05, 0) is 71.0 Å². The van der Waals surface area contributed by atoms with Gasteiger partial charge >= 0.3 is 0 Å². The van der Waals surface area contributed by atoms with E-state index in [9.17, 15) is 9.59 Å². The highest BCUT2D eigenvalue weighted by Crippen LogP contribution is 2.27. The molecule has 0 unspecified atom stereocenters. The van der Waals surface area contributed by atoms with Crippen molar-refractivity contribution in [2.75, 3.05) is 20.8 Å². The summed E-state index contributed by atoms with van der Waals surface area (Å²) < 4.78 is 16.5. The van der Waals surface area contributed by atoms with Crippen molar-refractivity contribution in [3.63, 3.8) is 0 Å². The Morgan fingerprint density at radius 1 is 0.933 bits per heavy atom. The average molecular weight is 496 g/mol. The Morgan fingerprint density at radius 3 is 2.17 bits per heavy atom. The first-order chi connectivity index (χ1) is 14.4. The van der Waals surface area contributed by atoms with Crippen LogP contribution in [0.25, 0.3) is 0 Å². The number of ether oxygens (including phenoxy) is 3. The molecule has 0 saturated heterocycles. The first-order valence-electron chi connectivity index (χ1n) is 8.95. The Morgan fingerprint density at radius 2 is 1.57 bits per heavy atom. The molecule has 30 heavy (non-hydrogen) atoms. The highest BCUT2D eigenvalue weighted by molar-refractivity contribution is 9.10. The molecule has 0 aromatic heterocycles. The van der Waals surface area contributed by atoms with Crippen LogP contribution in [0.3, 0.4) is 0 Å². The quantitative estimate of drug-likeness (QED) is 0.400. The summed E-state index contributed by atoms with van der Waals surface area (Å²) in [5, 5.41) is 2.44. The number of rotatable bonds is 7. The SMILES string of the molecule is CCCOc1ccc(C(=O)NC(=S)NNC(=O)c2ccc(OC)c(OC)c2)cc1Br. The summed E-state index contributed by atoms with van der Waals surface area (Å²) in [4.78, 5) is 24.6. The summed E-state index contributed by atoms with van der Waals surface area (Å²) in [6.07, 6.45) is 0.879. The number of thiocarbonyl (C=S) groups is 1. The Bertz CT molecular complexity index is 939. The van der Waals surface area contributed by atoms with Gasteiger partial charge in [0.2, 0.25) is 0 Å². The molecule has 0 bridgehead atoms. The maximum atomic E-state index is 12.4. The van der Waals surface area contributed by atoms with Crippen molar-refractivity contribution in [1.29, 1.82) is 0 Å². The van der Waals surface area contributed by atoms with E-state index in [0.717, 1.165) is 6.42 Å². The maximum absolute atomic E-state index is 12.4. The summed E-state index contributed by atoms with van der Waals surface area (Å²) in [5.74, 6) is 0.666. The molecule has 2 aromatic rings. The number of benzene rings is 2. The zero-order valence-corrected chi connectivity index (χ0v) is 19.1. The van der Waals surface area contributed by atoms with Gasteiger partial charge in [-0.2, -0.15) is 0 Å². The molecule has 160 valence electrons. The van der Waals surface area contributed by atoms with Gasteiger partial charge in [0, 0.05) is 11.1 Å². The van der Waals surface area contributed by atoms with Crippen LogP contribution in [0.15, 0.2) is 40.9 Å². The fourth-order valence-corrected chi connectivity index (χ4v) is 2.98. The van der Waals surface area contributed by atoms with E-state index in [1.165, 1.54) is 20.3 Å². The number of methoxy groups -OCH3 is 2. The van der Waals surface area contributed by atoms with E-state index in [1.807, 2.05) is 6.92 Å². The molecule has 8 nitrogen and oxygen atoms in total. The fraction of sp³-hybridized carbons (Fsp3) is 0.250. The summed E-state index contributed by atoms with van der Waals surface area (Å²) in [6.45, 7) is 2.59. The number of halogens is 1. The highest BCUT2D eigenvalue weighted by Gasteiger charge is 2.13. The third-order valence-electron chi connectivity index (χ3n) is 3.82. The van der Waals surface area contributed by atoms with E-state index in [0.29, 0.717) is 39.5 Å². The highest BCUT2D eigenvalue weighted by atomic mass is 79.9. The van der Waals surface area contributed by atoms with Gasteiger partial charge in [-0.1, -0.05) is 6.92 Å². The standard InChI is InChI=1S/C20H22BrN3O5S/c1-4-9-29-15-7-5-12(10-14(15)21)18(25)22-20(30)24-23-19(26)13-6-8-16(27-2)17(11-13)28-3/h5-8,10-11H,4,9H2,1-3H3,(H,23,26)(H2,22,24,25,30). The maximum Gasteiger partial charge on any atom is 0.269 e. The largest absolute Gasteiger partial charge is 0.493 e. The molecule has 0 aliphatic heterocycles. The van der Waals surface area contributed by atoms with Crippen LogP contribution in [0, 0.1) is 0 Å². The van der Waals surface area contributed by atoms with E-state index in [4.69, 9.17) is 26.4 Å². The van der Waals surface area contributed by atoms with Gasteiger partial charge in [0.1, 0.15) is 5.75 Å². The van der Waals surface area contributed by atoms with Crippen LogP contribution in [0.4, 0.5) is 0 Å². The molecule has 0 radical (unpaired) electrons. The van der Waals surface area contributed by atoms with Gasteiger partial charge in [-0.25, -0.2) is 0 Å². The molecular weight excluding hydrogens is 474 g/mol. The van der Waals surface area contributed by atoms with Crippen LogP contribution < -0.4 is 30.4 Å². The summed E-state index contributed by atoms with van der Waals surface area (Å²) >= 11 is 8.44. The second-order valence-corrected chi connectivity index (χ2v) is 7.19. The lowest BCUT2D eigenvalue weighted by Crippen LogP contribution is -2.48. The smallest absolute Gasteiger partial charge is 0.269 e. The Labute approximate surface area is 188 Å². The van der Waals surface area contributed by atoms with Gasteiger partial charge in [0.05, 0.1) is 25.3 Å². The minimum absolute atomic E-state index is 0.0590. The number of carbonyl (C=O) groups excluding carboxylic acids is 2. The molecule has 0 heterocycles. The van der Waals surface area contributed by atoms with E-state index in [1.54, 1.807) is 30.3 Å².